The molecule has 0 saturated carbocycles. The van der Waals surface area contributed by atoms with Gasteiger partial charge in [0.2, 0.25) is 5.91 Å². The number of primary amides is 1. The first-order valence-electron chi connectivity index (χ1n) is 6.59. The molecule has 0 aliphatic rings. The van der Waals surface area contributed by atoms with E-state index in [4.69, 9.17) is 25.7 Å². The molecule has 4 N–H and O–H groups in total. The van der Waals surface area contributed by atoms with Crippen molar-refractivity contribution in [2.24, 2.45) is 11.5 Å². The predicted molar refractivity (Wildman–Crippen MR) is 75.7 cm³/mol. The lowest BCUT2D eigenvalue weighted by molar-refractivity contribution is -0.122. The third-order valence-electron chi connectivity index (χ3n) is 2.54. The number of carbonyl (C=O) groups is 1. The van der Waals surface area contributed by atoms with Crippen LogP contribution in [0.3, 0.4) is 0 Å². The second kappa shape index (κ2) is 8.39. The molecule has 0 fully saturated rings. The molecule has 0 radical (unpaired) electrons. The van der Waals surface area contributed by atoms with E-state index < -0.39 is 5.91 Å². The molecule has 1 aromatic rings. The predicted octanol–water partition coefficient (Wildman–Crippen LogP) is 0.986. The average Bonchev–Trinajstić information content (AvgIpc) is 2.40. The van der Waals surface area contributed by atoms with E-state index in [1.807, 2.05) is 32.0 Å². The molecule has 0 aliphatic carbocycles. The fourth-order valence-corrected chi connectivity index (χ4v) is 1.68. The van der Waals surface area contributed by atoms with Crippen LogP contribution in [0.15, 0.2) is 18.2 Å². The molecule has 1 unspecified atom stereocenters. The molecule has 0 bridgehead atoms. The summed E-state index contributed by atoms with van der Waals surface area (Å²) in [5.41, 5.74) is 11.8. The Labute approximate surface area is 119 Å². The fraction of sp³-hybridized carbons (Fsp3) is 0.500. The van der Waals surface area contributed by atoms with Gasteiger partial charge in [0.05, 0.1) is 25.9 Å². The van der Waals surface area contributed by atoms with Crippen LogP contribution in [0.1, 0.15) is 25.5 Å². The summed E-state index contributed by atoms with van der Waals surface area (Å²) in [5, 5.41) is 0. The van der Waals surface area contributed by atoms with Crippen molar-refractivity contribution in [3.05, 3.63) is 23.8 Å². The minimum Gasteiger partial charge on any atom is -0.490 e. The van der Waals surface area contributed by atoms with Crippen molar-refractivity contribution >= 4 is 5.91 Å². The van der Waals surface area contributed by atoms with Crippen LogP contribution in [0.4, 0.5) is 0 Å². The van der Waals surface area contributed by atoms with E-state index >= 15 is 0 Å². The summed E-state index contributed by atoms with van der Waals surface area (Å²) in [6.07, 6.45) is 0. The molecular formula is C14H22N2O4. The van der Waals surface area contributed by atoms with E-state index in [9.17, 15) is 4.79 Å². The number of carbonyl (C=O) groups excluding carboxylic acids is 1. The summed E-state index contributed by atoms with van der Waals surface area (Å²) < 4.78 is 16.1. The summed E-state index contributed by atoms with van der Waals surface area (Å²) in [5.74, 6) is 0.819. The molecule has 0 heterocycles. The Morgan fingerprint density at radius 1 is 1.20 bits per heavy atom. The van der Waals surface area contributed by atoms with Crippen LogP contribution in [0.2, 0.25) is 0 Å². The third-order valence-corrected chi connectivity index (χ3v) is 2.54. The zero-order valence-corrected chi connectivity index (χ0v) is 11.9. The zero-order chi connectivity index (χ0) is 15.0. The number of rotatable bonds is 9. The number of nitrogens with two attached hydrogens (primary N) is 2. The largest absolute Gasteiger partial charge is 0.490 e. The van der Waals surface area contributed by atoms with Gasteiger partial charge in [-0.25, -0.2) is 0 Å². The molecule has 1 aromatic carbocycles. The van der Waals surface area contributed by atoms with E-state index in [-0.39, 0.29) is 19.3 Å². The van der Waals surface area contributed by atoms with Gasteiger partial charge in [-0.2, -0.15) is 0 Å². The Balaban J connectivity index is 2.73. The van der Waals surface area contributed by atoms with Crippen LogP contribution >= 0.6 is 0 Å². The highest BCUT2D eigenvalue weighted by atomic mass is 16.5. The average molecular weight is 282 g/mol. The number of amides is 1. The number of ether oxygens (including phenoxy) is 3. The molecule has 0 aliphatic heterocycles. The SMILES string of the molecule is CCOc1ccc(C(N)COCC(N)=O)cc1OCC. The van der Waals surface area contributed by atoms with Crippen molar-refractivity contribution in [1.82, 2.24) is 0 Å². The smallest absolute Gasteiger partial charge is 0.243 e. The lowest BCUT2D eigenvalue weighted by Crippen LogP contribution is -2.23. The summed E-state index contributed by atoms with van der Waals surface area (Å²) in [6.45, 7) is 4.99. The molecule has 0 spiro atoms. The van der Waals surface area contributed by atoms with Gasteiger partial charge >= 0.3 is 0 Å². The zero-order valence-electron chi connectivity index (χ0n) is 11.9. The van der Waals surface area contributed by atoms with Crippen LogP contribution in [-0.2, 0) is 9.53 Å². The number of benzene rings is 1. The maximum atomic E-state index is 10.6. The quantitative estimate of drug-likeness (QED) is 0.704. The Kier molecular flexibility index (Phi) is 6.83. The van der Waals surface area contributed by atoms with Crippen LogP contribution < -0.4 is 20.9 Å². The highest BCUT2D eigenvalue weighted by molar-refractivity contribution is 5.74. The lowest BCUT2D eigenvalue weighted by atomic mass is 10.1. The summed E-state index contributed by atoms with van der Waals surface area (Å²) >= 11 is 0. The monoisotopic (exact) mass is 282 g/mol. The van der Waals surface area contributed by atoms with Gasteiger partial charge in [0.1, 0.15) is 6.61 Å². The minimum atomic E-state index is -0.515. The fourth-order valence-electron chi connectivity index (χ4n) is 1.68. The van der Waals surface area contributed by atoms with Gasteiger partial charge < -0.3 is 25.7 Å². The minimum absolute atomic E-state index is 0.136. The summed E-state index contributed by atoms with van der Waals surface area (Å²) in [4.78, 5) is 10.6. The van der Waals surface area contributed by atoms with E-state index in [1.54, 1.807) is 0 Å². The van der Waals surface area contributed by atoms with Crippen molar-refractivity contribution in [1.29, 1.82) is 0 Å². The van der Waals surface area contributed by atoms with Crippen LogP contribution in [0.5, 0.6) is 11.5 Å². The Hall–Kier alpha value is -1.79. The van der Waals surface area contributed by atoms with Gasteiger partial charge in [-0.15, -0.1) is 0 Å². The van der Waals surface area contributed by atoms with Crippen molar-refractivity contribution in [3.8, 4) is 11.5 Å². The van der Waals surface area contributed by atoms with Gasteiger partial charge in [-0.1, -0.05) is 6.07 Å². The highest BCUT2D eigenvalue weighted by Crippen LogP contribution is 2.30. The maximum absolute atomic E-state index is 10.6. The first-order valence-corrected chi connectivity index (χ1v) is 6.59. The molecule has 20 heavy (non-hydrogen) atoms. The van der Waals surface area contributed by atoms with Crippen LogP contribution in [-0.4, -0.2) is 32.3 Å². The van der Waals surface area contributed by atoms with E-state index in [2.05, 4.69) is 0 Å². The maximum Gasteiger partial charge on any atom is 0.243 e. The first kappa shape index (κ1) is 16.3. The Bertz CT molecular complexity index is 437. The molecule has 0 saturated heterocycles. The topological polar surface area (TPSA) is 96.8 Å². The normalized spacial score (nSPS) is 11.9. The molecular weight excluding hydrogens is 260 g/mol. The first-order chi connectivity index (χ1) is 9.58. The van der Waals surface area contributed by atoms with Crippen molar-refractivity contribution in [2.45, 2.75) is 19.9 Å². The van der Waals surface area contributed by atoms with E-state index in [1.165, 1.54) is 0 Å². The van der Waals surface area contributed by atoms with Gasteiger partial charge in [-0.05, 0) is 31.5 Å². The van der Waals surface area contributed by atoms with E-state index in [0.717, 1.165) is 5.56 Å². The third kappa shape index (κ3) is 5.07. The molecule has 6 heteroatoms. The van der Waals surface area contributed by atoms with Gasteiger partial charge in [0.25, 0.3) is 0 Å². The molecule has 1 amide bonds. The van der Waals surface area contributed by atoms with E-state index in [0.29, 0.717) is 24.7 Å². The molecule has 6 nitrogen and oxygen atoms in total. The molecule has 112 valence electrons. The second-order valence-electron chi connectivity index (χ2n) is 4.16. The summed E-state index contributed by atoms with van der Waals surface area (Å²) in [6, 6.07) is 5.14. The van der Waals surface area contributed by atoms with Gasteiger partial charge in [0, 0.05) is 0 Å². The van der Waals surface area contributed by atoms with Crippen molar-refractivity contribution in [3.63, 3.8) is 0 Å². The van der Waals surface area contributed by atoms with Crippen LogP contribution in [0.25, 0.3) is 0 Å². The van der Waals surface area contributed by atoms with Crippen molar-refractivity contribution < 1.29 is 19.0 Å². The molecule has 0 aromatic heterocycles. The van der Waals surface area contributed by atoms with Crippen molar-refractivity contribution in [2.75, 3.05) is 26.4 Å². The molecule has 1 atom stereocenters. The standard InChI is InChI=1S/C14H22N2O4/c1-3-19-12-6-5-10(7-13(12)20-4-2)11(15)8-18-9-14(16)17/h5-7,11H,3-4,8-9,15H2,1-2H3,(H2,16,17). The second-order valence-corrected chi connectivity index (χ2v) is 4.16. The van der Waals surface area contributed by atoms with Crippen LogP contribution in [0, 0.1) is 0 Å². The Morgan fingerprint density at radius 2 is 1.85 bits per heavy atom. The molecule has 1 rings (SSSR count). The highest BCUT2D eigenvalue weighted by Gasteiger charge is 2.12. The van der Waals surface area contributed by atoms with Gasteiger partial charge in [0.15, 0.2) is 11.5 Å². The number of hydrogen-bond acceptors (Lipinski definition) is 5. The number of hydrogen-bond donors (Lipinski definition) is 2. The van der Waals surface area contributed by atoms with Gasteiger partial charge in [-0.3, -0.25) is 4.79 Å². The summed E-state index contributed by atoms with van der Waals surface area (Å²) in [7, 11) is 0. The Morgan fingerprint density at radius 3 is 2.45 bits per heavy atom. The lowest BCUT2D eigenvalue weighted by Gasteiger charge is -2.16.